The first-order chi connectivity index (χ1) is 8.69. The van der Waals surface area contributed by atoms with Crippen LogP contribution in [0.15, 0.2) is 12.1 Å². The summed E-state index contributed by atoms with van der Waals surface area (Å²) in [5, 5.41) is 4.47. The summed E-state index contributed by atoms with van der Waals surface area (Å²) in [5.74, 6) is 0.800. The zero-order chi connectivity index (χ0) is 13.0. The highest BCUT2D eigenvalue weighted by Gasteiger charge is 2.19. The average molecular weight is 288 g/mol. The highest BCUT2D eigenvalue weighted by molar-refractivity contribution is 6.32. The van der Waals surface area contributed by atoms with E-state index in [1.807, 2.05) is 13.1 Å². The van der Waals surface area contributed by atoms with Crippen LogP contribution in [-0.2, 0) is 6.54 Å². The summed E-state index contributed by atoms with van der Waals surface area (Å²) in [6, 6.07) is 3.55. The predicted molar refractivity (Wildman–Crippen MR) is 76.2 cm³/mol. The number of rotatable bonds is 4. The first-order valence-electron chi connectivity index (χ1n) is 6.37. The van der Waals surface area contributed by atoms with Crippen molar-refractivity contribution in [3.05, 3.63) is 28.0 Å². The number of nitrogens with zero attached hydrogens (tertiary/aromatic N) is 2. The summed E-state index contributed by atoms with van der Waals surface area (Å²) < 4.78 is 0. The van der Waals surface area contributed by atoms with Crippen LogP contribution in [0.25, 0.3) is 0 Å². The Kier molecular flexibility index (Phi) is 5.25. The molecule has 100 valence electrons. The van der Waals surface area contributed by atoms with E-state index in [2.05, 4.69) is 15.2 Å². The lowest BCUT2D eigenvalue weighted by molar-refractivity contribution is 0.175. The maximum Gasteiger partial charge on any atom is 0.129 e. The molecule has 0 saturated carbocycles. The van der Waals surface area contributed by atoms with E-state index in [1.165, 1.54) is 12.8 Å². The zero-order valence-electron chi connectivity index (χ0n) is 10.6. The Morgan fingerprint density at radius 2 is 2.06 bits per heavy atom. The van der Waals surface area contributed by atoms with Crippen LogP contribution in [0.1, 0.15) is 18.5 Å². The number of halogens is 2. The number of piperidine rings is 1. The van der Waals surface area contributed by atoms with E-state index in [1.54, 1.807) is 6.07 Å². The summed E-state index contributed by atoms with van der Waals surface area (Å²) in [5.41, 5.74) is 0.885. The highest BCUT2D eigenvalue weighted by atomic mass is 35.5. The van der Waals surface area contributed by atoms with Crippen LogP contribution in [-0.4, -0.2) is 36.6 Å². The molecule has 0 atom stereocenters. The monoisotopic (exact) mass is 287 g/mol. The largest absolute Gasteiger partial charge is 0.319 e. The van der Waals surface area contributed by atoms with Crippen LogP contribution in [0.3, 0.4) is 0 Å². The molecular weight excluding hydrogens is 269 g/mol. The maximum absolute atomic E-state index is 6.14. The Bertz CT molecular complexity index is 390. The number of pyridine rings is 1. The molecular formula is C13H19Cl2N3. The molecule has 0 unspecified atom stereocenters. The van der Waals surface area contributed by atoms with E-state index in [-0.39, 0.29) is 0 Å². The van der Waals surface area contributed by atoms with E-state index in [0.29, 0.717) is 10.2 Å². The predicted octanol–water partition coefficient (Wildman–Crippen LogP) is 2.82. The number of hydrogen-bond acceptors (Lipinski definition) is 3. The van der Waals surface area contributed by atoms with E-state index in [9.17, 15) is 0 Å². The van der Waals surface area contributed by atoms with Crippen molar-refractivity contribution in [2.24, 2.45) is 5.92 Å². The van der Waals surface area contributed by atoms with Crippen LogP contribution in [0.2, 0.25) is 10.2 Å². The fraction of sp³-hybridized carbons (Fsp3) is 0.615. The van der Waals surface area contributed by atoms with Gasteiger partial charge in [-0.1, -0.05) is 23.2 Å². The fourth-order valence-corrected chi connectivity index (χ4v) is 2.75. The van der Waals surface area contributed by atoms with Gasteiger partial charge in [-0.05, 0) is 57.6 Å². The Morgan fingerprint density at radius 3 is 2.72 bits per heavy atom. The molecule has 1 saturated heterocycles. The van der Waals surface area contributed by atoms with Crippen molar-refractivity contribution < 1.29 is 0 Å². The number of likely N-dealkylation sites (tertiary alicyclic amines) is 1. The summed E-state index contributed by atoms with van der Waals surface area (Å²) in [4.78, 5) is 6.70. The van der Waals surface area contributed by atoms with E-state index in [4.69, 9.17) is 23.2 Å². The van der Waals surface area contributed by atoms with Crippen molar-refractivity contribution in [1.29, 1.82) is 0 Å². The van der Waals surface area contributed by atoms with Gasteiger partial charge in [-0.15, -0.1) is 0 Å². The number of hydrogen-bond donors (Lipinski definition) is 1. The van der Waals surface area contributed by atoms with Crippen molar-refractivity contribution in [2.75, 3.05) is 26.7 Å². The molecule has 1 fully saturated rings. The quantitative estimate of drug-likeness (QED) is 0.864. The van der Waals surface area contributed by atoms with Crippen molar-refractivity contribution in [1.82, 2.24) is 15.2 Å². The van der Waals surface area contributed by atoms with Gasteiger partial charge in [0.15, 0.2) is 0 Å². The summed E-state index contributed by atoms with van der Waals surface area (Å²) in [6.07, 6.45) is 2.47. The van der Waals surface area contributed by atoms with Crippen molar-refractivity contribution >= 4 is 23.2 Å². The van der Waals surface area contributed by atoms with Crippen LogP contribution >= 0.6 is 23.2 Å². The maximum atomic E-state index is 6.14. The molecule has 1 aliphatic heterocycles. The lowest BCUT2D eigenvalue weighted by atomic mass is 9.97. The van der Waals surface area contributed by atoms with Gasteiger partial charge in [0.25, 0.3) is 0 Å². The van der Waals surface area contributed by atoms with Crippen LogP contribution < -0.4 is 5.32 Å². The van der Waals surface area contributed by atoms with E-state index >= 15 is 0 Å². The van der Waals surface area contributed by atoms with Gasteiger partial charge in [-0.25, -0.2) is 4.98 Å². The smallest absolute Gasteiger partial charge is 0.129 e. The molecule has 5 heteroatoms. The minimum atomic E-state index is 0.513. The first-order valence-corrected chi connectivity index (χ1v) is 7.12. The molecule has 0 aliphatic carbocycles. The van der Waals surface area contributed by atoms with Crippen LogP contribution in [0.4, 0.5) is 0 Å². The van der Waals surface area contributed by atoms with Crippen LogP contribution in [0.5, 0.6) is 0 Å². The van der Waals surface area contributed by atoms with Gasteiger partial charge in [0.2, 0.25) is 0 Å². The molecule has 0 radical (unpaired) electrons. The second-order valence-electron chi connectivity index (χ2n) is 4.84. The molecule has 0 aromatic carbocycles. The molecule has 18 heavy (non-hydrogen) atoms. The van der Waals surface area contributed by atoms with Gasteiger partial charge in [0.1, 0.15) is 5.15 Å². The highest BCUT2D eigenvalue weighted by Crippen LogP contribution is 2.22. The molecule has 0 bridgehead atoms. The summed E-state index contributed by atoms with van der Waals surface area (Å²) in [7, 11) is 2.02. The molecule has 2 rings (SSSR count). The molecule has 2 heterocycles. The zero-order valence-corrected chi connectivity index (χ0v) is 12.1. The molecule has 1 aliphatic rings. The van der Waals surface area contributed by atoms with Crippen molar-refractivity contribution in [3.63, 3.8) is 0 Å². The Balaban J connectivity index is 1.89. The molecule has 0 amide bonds. The van der Waals surface area contributed by atoms with Gasteiger partial charge in [0, 0.05) is 6.54 Å². The standard InChI is InChI=1S/C13H19Cl2N3/c1-16-8-10-4-6-18(7-5-10)9-12-11(14)2-3-13(15)17-12/h2-3,10,16H,4-9H2,1H3. The fourth-order valence-electron chi connectivity index (χ4n) is 2.42. The SMILES string of the molecule is CNCC1CCN(Cc2nc(Cl)ccc2Cl)CC1. The van der Waals surface area contributed by atoms with Gasteiger partial charge < -0.3 is 5.32 Å². The molecule has 1 aromatic rings. The average Bonchev–Trinajstić information content (AvgIpc) is 2.37. The normalized spacial score (nSPS) is 18.2. The van der Waals surface area contributed by atoms with Crippen molar-refractivity contribution in [2.45, 2.75) is 19.4 Å². The van der Waals surface area contributed by atoms with Gasteiger partial charge in [-0.3, -0.25) is 4.90 Å². The van der Waals surface area contributed by atoms with E-state index < -0.39 is 0 Å². The minimum absolute atomic E-state index is 0.513. The lowest BCUT2D eigenvalue weighted by Crippen LogP contribution is -2.36. The van der Waals surface area contributed by atoms with Gasteiger partial charge in [-0.2, -0.15) is 0 Å². The molecule has 0 spiro atoms. The third-order valence-corrected chi connectivity index (χ3v) is 4.01. The summed E-state index contributed by atoms with van der Waals surface area (Å²) >= 11 is 12.0. The number of nitrogens with one attached hydrogen (secondary N) is 1. The van der Waals surface area contributed by atoms with Gasteiger partial charge >= 0.3 is 0 Å². The van der Waals surface area contributed by atoms with Crippen LogP contribution in [0, 0.1) is 5.92 Å². The minimum Gasteiger partial charge on any atom is -0.319 e. The first kappa shape index (κ1) is 14.1. The molecule has 1 N–H and O–H groups in total. The summed E-state index contributed by atoms with van der Waals surface area (Å²) in [6.45, 7) is 4.13. The second-order valence-corrected chi connectivity index (χ2v) is 5.63. The third-order valence-electron chi connectivity index (χ3n) is 3.46. The lowest BCUT2D eigenvalue weighted by Gasteiger charge is -2.31. The third kappa shape index (κ3) is 3.82. The Morgan fingerprint density at radius 1 is 1.33 bits per heavy atom. The Hall–Kier alpha value is -0.350. The molecule has 1 aromatic heterocycles. The van der Waals surface area contributed by atoms with E-state index in [0.717, 1.165) is 37.8 Å². The topological polar surface area (TPSA) is 28.2 Å². The second kappa shape index (κ2) is 6.71. The van der Waals surface area contributed by atoms with Gasteiger partial charge in [0.05, 0.1) is 10.7 Å². The van der Waals surface area contributed by atoms with Crippen molar-refractivity contribution in [3.8, 4) is 0 Å². The molecule has 3 nitrogen and oxygen atoms in total. The number of aromatic nitrogens is 1. The Labute approximate surface area is 118 Å².